The number of carbonyl (C=O) groups excluding carboxylic acids is 1. The molecule has 0 amide bonds. The Morgan fingerprint density at radius 2 is 2.25 bits per heavy atom. The molecular formula is C17H23NO5S. The van der Waals surface area contributed by atoms with Crippen molar-refractivity contribution < 1.29 is 19.2 Å². The minimum absolute atomic E-state index is 0.0886. The van der Waals surface area contributed by atoms with Crippen LogP contribution in [0.25, 0.3) is 0 Å². The van der Waals surface area contributed by atoms with E-state index in [1.54, 1.807) is 12.1 Å². The third-order valence-electron chi connectivity index (χ3n) is 3.99. The molecule has 2 atom stereocenters. The van der Waals surface area contributed by atoms with Gasteiger partial charge in [-0.3, -0.25) is 14.9 Å². The summed E-state index contributed by atoms with van der Waals surface area (Å²) in [7, 11) is 0. The molecule has 1 saturated heterocycles. The van der Waals surface area contributed by atoms with Gasteiger partial charge >= 0.3 is 5.97 Å². The molecule has 1 aromatic rings. The Balaban J connectivity index is 2.05. The molecule has 0 aromatic heterocycles. The van der Waals surface area contributed by atoms with Crippen molar-refractivity contribution in [3.63, 3.8) is 0 Å². The number of esters is 1. The smallest absolute Gasteiger partial charge is 0.308 e. The highest BCUT2D eigenvalue weighted by molar-refractivity contribution is 7.98. The van der Waals surface area contributed by atoms with Crippen LogP contribution in [0.2, 0.25) is 0 Å². The molecule has 1 fully saturated rings. The van der Waals surface area contributed by atoms with E-state index in [9.17, 15) is 14.9 Å². The van der Waals surface area contributed by atoms with Gasteiger partial charge in [-0.25, -0.2) is 0 Å². The maximum atomic E-state index is 11.7. The minimum atomic E-state index is -0.563. The normalized spacial score (nSPS) is 20.6. The van der Waals surface area contributed by atoms with Crippen molar-refractivity contribution in [3.05, 3.63) is 33.9 Å². The Kier molecular flexibility index (Phi) is 7.05. The second kappa shape index (κ2) is 9.03. The lowest BCUT2D eigenvalue weighted by Crippen LogP contribution is -2.27. The monoisotopic (exact) mass is 353 g/mol. The maximum absolute atomic E-state index is 11.7. The van der Waals surface area contributed by atoms with E-state index >= 15 is 0 Å². The van der Waals surface area contributed by atoms with E-state index in [-0.39, 0.29) is 22.7 Å². The topological polar surface area (TPSA) is 78.7 Å². The first kappa shape index (κ1) is 18.7. The van der Waals surface area contributed by atoms with Crippen LogP contribution in [0.1, 0.15) is 57.1 Å². The number of hydrogen-bond donors (Lipinski definition) is 0. The number of hydrogen-bond acceptors (Lipinski definition) is 6. The van der Waals surface area contributed by atoms with Crippen molar-refractivity contribution in [2.24, 2.45) is 0 Å². The molecule has 0 N–H and O–H groups in total. The lowest BCUT2D eigenvalue weighted by Gasteiger charge is -2.30. The summed E-state index contributed by atoms with van der Waals surface area (Å²) >= 11 is 1.34. The largest absolute Gasteiger partial charge is 0.436 e. The van der Waals surface area contributed by atoms with Crippen LogP contribution in [0, 0.1) is 10.1 Å². The quantitative estimate of drug-likeness (QED) is 0.308. The number of carbonyl (C=O) groups is 1. The van der Waals surface area contributed by atoms with Crippen molar-refractivity contribution in [1.29, 1.82) is 0 Å². The van der Waals surface area contributed by atoms with Crippen LogP contribution in [0.5, 0.6) is 0 Å². The van der Waals surface area contributed by atoms with E-state index in [2.05, 4.69) is 0 Å². The molecule has 6 nitrogen and oxygen atoms in total. The average Bonchev–Trinajstić information content (AvgIpc) is 2.59. The first-order valence-electron chi connectivity index (χ1n) is 8.22. The fourth-order valence-electron chi connectivity index (χ4n) is 2.70. The zero-order valence-electron chi connectivity index (χ0n) is 14.0. The Labute approximate surface area is 146 Å². The number of rotatable bonds is 7. The molecule has 1 heterocycles. The first-order chi connectivity index (χ1) is 11.5. The van der Waals surface area contributed by atoms with Crippen LogP contribution >= 0.6 is 11.8 Å². The predicted molar refractivity (Wildman–Crippen MR) is 92.0 cm³/mol. The Morgan fingerprint density at radius 1 is 1.46 bits per heavy atom. The highest BCUT2D eigenvalue weighted by Gasteiger charge is 2.28. The number of thioether (sulfide) groups is 1. The van der Waals surface area contributed by atoms with Crippen LogP contribution in [0.4, 0.5) is 5.69 Å². The van der Waals surface area contributed by atoms with Crippen LogP contribution in [0.15, 0.2) is 23.1 Å². The standard InChI is InChI=1S/C17H23NO5S/c1-3-4-7-16(19)23-17-8-5-6-14(22-17)12-9-10-15(24-2)13(11-12)18(20)21/h9-11,14,17H,3-8H2,1-2H3. The highest BCUT2D eigenvalue weighted by atomic mass is 32.2. The van der Waals surface area contributed by atoms with Gasteiger partial charge in [-0.1, -0.05) is 19.4 Å². The number of nitrogens with zero attached hydrogens (tertiary/aromatic N) is 1. The highest BCUT2D eigenvalue weighted by Crippen LogP contribution is 2.36. The van der Waals surface area contributed by atoms with Crippen LogP contribution in [0.3, 0.4) is 0 Å². The second-order valence-electron chi connectivity index (χ2n) is 5.77. The number of benzene rings is 1. The molecule has 1 aliphatic rings. The molecule has 0 aliphatic carbocycles. The van der Waals surface area contributed by atoms with Gasteiger partial charge in [-0.2, -0.15) is 0 Å². The number of nitro groups is 1. The van der Waals surface area contributed by atoms with Crippen molar-refractivity contribution >= 4 is 23.4 Å². The fourth-order valence-corrected chi connectivity index (χ4v) is 3.24. The molecule has 0 bridgehead atoms. The van der Waals surface area contributed by atoms with Gasteiger partial charge in [0, 0.05) is 18.9 Å². The zero-order valence-corrected chi connectivity index (χ0v) is 14.8. The van der Waals surface area contributed by atoms with Crippen molar-refractivity contribution in [2.45, 2.75) is 62.7 Å². The van der Waals surface area contributed by atoms with Crippen LogP contribution < -0.4 is 0 Å². The summed E-state index contributed by atoms with van der Waals surface area (Å²) in [5.74, 6) is -0.244. The number of nitro benzene ring substituents is 1. The van der Waals surface area contributed by atoms with Crippen molar-refractivity contribution in [1.82, 2.24) is 0 Å². The summed E-state index contributed by atoms with van der Waals surface area (Å²) in [6, 6.07) is 5.17. The summed E-state index contributed by atoms with van der Waals surface area (Å²) in [6.07, 6.45) is 5.39. The molecule has 132 valence electrons. The SMILES string of the molecule is CCCCC(=O)OC1CCCC(c2ccc(SC)c([N+](=O)[O-])c2)O1. The fraction of sp³-hybridized carbons (Fsp3) is 0.588. The lowest BCUT2D eigenvalue weighted by molar-refractivity contribution is -0.387. The van der Waals surface area contributed by atoms with Gasteiger partial charge in [-0.05, 0) is 37.1 Å². The number of ether oxygens (including phenoxy) is 2. The molecule has 24 heavy (non-hydrogen) atoms. The molecular weight excluding hydrogens is 330 g/mol. The van der Waals surface area contributed by atoms with Crippen LogP contribution in [-0.4, -0.2) is 23.4 Å². The third-order valence-corrected chi connectivity index (χ3v) is 4.78. The summed E-state index contributed by atoms with van der Waals surface area (Å²) in [5.41, 5.74) is 0.847. The summed E-state index contributed by atoms with van der Waals surface area (Å²) in [4.78, 5) is 23.2. The first-order valence-corrected chi connectivity index (χ1v) is 9.45. The molecule has 7 heteroatoms. The lowest BCUT2D eigenvalue weighted by atomic mass is 10.0. The average molecular weight is 353 g/mol. The Hall–Kier alpha value is -1.60. The summed E-state index contributed by atoms with van der Waals surface area (Å²) < 4.78 is 11.2. The van der Waals surface area contributed by atoms with E-state index in [1.165, 1.54) is 11.8 Å². The van der Waals surface area contributed by atoms with Gasteiger partial charge in [0.2, 0.25) is 6.29 Å². The van der Waals surface area contributed by atoms with Crippen molar-refractivity contribution in [3.8, 4) is 0 Å². The second-order valence-corrected chi connectivity index (χ2v) is 6.62. The van der Waals surface area contributed by atoms with Crippen molar-refractivity contribution in [2.75, 3.05) is 6.26 Å². The van der Waals surface area contributed by atoms with Gasteiger partial charge in [0.15, 0.2) is 0 Å². The van der Waals surface area contributed by atoms with Crippen LogP contribution in [-0.2, 0) is 14.3 Å². The molecule has 2 rings (SSSR count). The minimum Gasteiger partial charge on any atom is -0.436 e. The van der Waals surface area contributed by atoms with Gasteiger partial charge in [0.25, 0.3) is 5.69 Å². The molecule has 1 aromatic carbocycles. The summed E-state index contributed by atoms with van der Waals surface area (Å²) in [6.45, 7) is 2.02. The maximum Gasteiger partial charge on any atom is 0.308 e. The Bertz CT molecular complexity index is 592. The van der Waals surface area contributed by atoms with E-state index in [4.69, 9.17) is 9.47 Å². The summed E-state index contributed by atoms with van der Waals surface area (Å²) in [5, 5.41) is 11.2. The van der Waals surface area contributed by atoms with E-state index in [0.717, 1.165) is 31.2 Å². The van der Waals surface area contributed by atoms with Gasteiger partial charge in [-0.15, -0.1) is 11.8 Å². The van der Waals surface area contributed by atoms with E-state index in [1.807, 2.05) is 19.2 Å². The molecule has 2 unspecified atom stereocenters. The van der Waals surface area contributed by atoms with Gasteiger partial charge in [0.05, 0.1) is 15.9 Å². The van der Waals surface area contributed by atoms with E-state index in [0.29, 0.717) is 17.7 Å². The predicted octanol–water partition coefficient (Wildman–Crippen LogP) is 4.62. The molecule has 1 aliphatic heterocycles. The molecule has 0 spiro atoms. The molecule has 0 saturated carbocycles. The molecule has 0 radical (unpaired) electrons. The third kappa shape index (κ3) is 4.95. The van der Waals surface area contributed by atoms with E-state index < -0.39 is 6.29 Å². The zero-order chi connectivity index (χ0) is 17.5. The Morgan fingerprint density at radius 3 is 2.92 bits per heavy atom. The number of unbranched alkanes of at least 4 members (excludes halogenated alkanes) is 1. The van der Waals surface area contributed by atoms with Gasteiger partial charge in [0.1, 0.15) is 0 Å². The van der Waals surface area contributed by atoms with Gasteiger partial charge < -0.3 is 9.47 Å².